The number of fused-ring (bicyclic) bond motifs is 2. The summed E-state index contributed by atoms with van der Waals surface area (Å²) in [6.07, 6.45) is 6.97. The highest BCUT2D eigenvalue weighted by molar-refractivity contribution is 7.92. The highest BCUT2D eigenvalue weighted by atomic mass is 32.2. The van der Waals surface area contributed by atoms with E-state index >= 15 is 0 Å². The smallest absolute Gasteiger partial charge is 0.251 e. The number of aromatic nitrogens is 1. The number of nitrogens with zero attached hydrogens (tertiary/aromatic N) is 2. The standard InChI is InChI=1S/C40H55N5O6S/c1-39(2,3)44-37(48)33-23-27-15-10-11-16-30(27)24-45(33)25-34(46)32(21-26-13-8-7-9-14-26)42-38(49)35(40(4,5)52(6,50)51)43-36(47)29-18-19-31-28(22-29)17-12-20-41-31/h7-9,12-14,17-20,22,27,30,32-35,46H,10-11,15-16,21,23-25H2,1-6H3,(H,42,49)(H,43,47)(H,44,48)/t27-,30+,32-,33-,34+,35+/m0/s1. The van der Waals surface area contributed by atoms with E-state index in [9.17, 15) is 27.9 Å². The van der Waals surface area contributed by atoms with Gasteiger partial charge < -0.3 is 21.1 Å². The van der Waals surface area contributed by atoms with Crippen molar-refractivity contribution in [2.75, 3.05) is 19.3 Å². The number of amides is 3. The van der Waals surface area contributed by atoms with Crippen LogP contribution in [0, 0.1) is 11.8 Å². The molecule has 52 heavy (non-hydrogen) atoms. The van der Waals surface area contributed by atoms with Crippen LogP contribution in [0.2, 0.25) is 0 Å². The number of β-amino-alcohol motifs (C(OH)–C–C–N with tert-alkyl or cyclic N) is 1. The molecule has 0 bridgehead atoms. The lowest BCUT2D eigenvalue weighted by Gasteiger charge is -2.47. The minimum atomic E-state index is -3.89. The first-order valence-corrected chi connectivity index (χ1v) is 20.3. The van der Waals surface area contributed by atoms with Crippen LogP contribution in [0.3, 0.4) is 0 Å². The fourth-order valence-electron chi connectivity index (χ4n) is 7.61. The summed E-state index contributed by atoms with van der Waals surface area (Å²) in [5, 5.41) is 21.5. The van der Waals surface area contributed by atoms with Crippen molar-refractivity contribution in [2.24, 2.45) is 11.8 Å². The predicted octanol–water partition coefficient (Wildman–Crippen LogP) is 4.04. The molecule has 2 aromatic carbocycles. The maximum absolute atomic E-state index is 14.3. The van der Waals surface area contributed by atoms with Crippen molar-refractivity contribution in [3.63, 3.8) is 0 Å². The van der Waals surface area contributed by atoms with Gasteiger partial charge in [0.15, 0.2) is 9.84 Å². The number of piperidine rings is 1. The number of benzene rings is 2. The van der Waals surface area contributed by atoms with E-state index in [0.717, 1.165) is 42.9 Å². The molecule has 6 atom stereocenters. The average molecular weight is 734 g/mol. The summed E-state index contributed by atoms with van der Waals surface area (Å²) in [5.41, 5.74) is 1.36. The van der Waals surface area contributed by atoms with Gasteiger partial charge in [0.2, 0.25) is 11.8 Å². The normalized spacial score (nSPS) is 21.7. The first-order valence-electron chi connectivity index (χ1n) is 18.4. The van der Waals surface area contributed by atoms with Crippen LogP contribution in [0.5, 0.6) is 0 Å². The Morgan fingerprint density at radius 3 is 2.31 bits per heavy atom. The summed E-state index contributed by atoms with van der Waals surface area (Å²) in [6, 6.07) is 15.1. The Labute approximate surface area is 308 Å². The summed E-state index contributed by atoms with van der Waals surface area (Å²) < 4.78 is 24.6. The van der Waals surface area contributed by atoms with Crippen LogP contribution in [0.25, 0.3) is 10.9 Å². The number of nitrogens with one attached hydrogen (secondary N) is 3. The van der Waals surface area contributed by atoms with Crippen molar-refractivity contribution >= 4 is 38.5 Å². The number of hydrogen-bond acceptors (Lipinski definition) is 8. The van der Waals surface area contributed by atoms with E-state index < -0.39 is 56.2 Å². The van der Waals surface area contributed by atoms with Gasteiger partial charge in [0, 0.05) is 42.0 Å². The van der Waals surface area contributed by atoms with E-state index in [1.165, 1.54) is 13.8 Å². The predicted molar refractivity (Wildman–Crippen MR) is 203 cm³/mol. The minimum Gasteiger partial charge on any atom is -0.390 e. The lowest BCUT2D eigenvalue weighted by Crippen LogP contribution is -2.64. The number of rotatable bonds is 12. The van der Waals surface area contributed by atoms with Gasteiger partial charge in [-0.3, -0.25) is 24.3 Å². The molecule has 0 unspecified atom stereocenters. The van der Waals surface area contributed by atoms with E-state index in [-0.39, 0.29) is 24.4 Å². The van der Waals surface area contributed by atoms with Crippen molar-refractivity contribution in [3.05, 3.63) is 78.0 Å². The van der Waals surface area contributed by atoms with Gasteiger partial charge in [-0.15, -0.1) is 0 Å². The lowest BCUT2D eigenvalue weighted by atomic mass is 9.72. The third-order valence-corrected chi connectivity index (χ3v) is 13.0. The molecule has 1 saturated heterocycles. The van der Waals surface area contributed by atoms with Crippen molar-refractivity contribution < 1.29 is 27.9 Å². The molecule has 2 aliphatic rings. The van der Waals surface area contributed by atoms with Gasteiger partial charge in [0.25, 0.3) is 5.91 Å². The Morgan fingerprint density at radius 2 is 1.63 bits per heavy atom. The second-order valence-corrected chi connectivity index (χ2v) is 18.9. The second kappa shape index (κ2) is 16.0. The third kappa shape index (κ3) is 9.56. The molecule has 1 aliphatic heterocycles. The van der Waals surface area contributed by atoms with Gasteiger partial charge in [0.1, 0.15) is 6.04 Å². The van der Waals surface area contributed by atoms with Gasteiger partial charge in [-0.1, -0.05) is 55.7 Å². The Morgan fingerprint density at radius 1 is 0.942 bits per heavy atom. The number of pyridine rings is 1. The summed E-state index contributed by atoms with van der Waals surface area (Å²) in [4.78, 5) is 48.1. The van der Waals surface area contributed by atoms with E-state index in [4.69, 9.17) is 0 Å². The van der Waals surface area contributed by atoms with Crippen LogP contribution < -0.4 is 16.0 Å². The average Bonchev–Trinajstić information content (AvgIpc) is 3.08. The van der Waals surface area contributed by atoms with Gasteiger partial charge in [-0.05, 0) is 95.5 Å². The van der Waals surface area contributed by atoms with Crippen molar-refractivity contribution in [2.45, 2.75) is 108 Å². The Balaban J connectivity index is 1.43. The van der Waals surface area contributed by atoms with E-state index in [1.54, 1.807) is 30.5 Å². The molecule has 3 amide bonds. The Bertz CT molecular complexity index is 1840. The monoisotopic (exact) mass is 733 g/mol. The first kappa shape index (κ1) is 39.3. The minimum absolute atomic E-state index is 0.0745. The molecule has 12 heteroatoms. The molecule has 2 heterocycles. The molecule has 0 radical (unpaired) electrons. The maximum atomic E-state index is 14.3. The number of aliphatic hydroxyl groups excluding tert-OH is 1. The summed E-state index contributed by atoms with van der Waals surface area (Å²) >= 11 is 0. The van der Waals surface area contributed by atoms with Crippen LogP contribution in [-0.2, 0) is 25.8 Å². The molecule has 1 aliphatic carbocycles. The zero-order chi connectivity index (χ0) is 37.8. The number of likely N-dealkylation sites (tertiary alicyclic amines) is 1. The number of carbonyl (C=O) groups excluding carboxylic acids is 3. The lowest BCUT2D eigenvalue weighted by molar-refractivity contribution is -0.133. The first-order chi connectivity index (χ1) is 24.4. The molecule has 282 valence electrons. The van der Waals surface area contributed by atoms with Gasteiger partial charge in [-0.2, -0.15) is 0 Å². The second-order valence-electron chi connectivity index (χ2n) is 16.3. The van der Waals surface area contributed by atoms with Crippen molar-refractivity contribution in [1.29, 1.82) is 0 Å². The van der Waals surface area contributed by atoms with Crippen LogP contribution in [0.15, 0.2) is 66.9 Å². The van der Waals surface area contributed by atoms with Crippen LogP contribution in [0.4, 0.5) is 0 Å². The highest BCUT2D eigenvalue weighted by Crippen LogP contribution is 2.39. The van der Waals surface area contributed by atoms with Gasteiger partial charge in [-0.25, -0.2) is 8.42 Å². The fraction of sp³-hybridized carbons (Fsp3) is 0.550. The van der Waals surface area contributed by atoms with E-state index in [2.05, 4.69) is 25.8 Å². The SMILES string of the molecule is CC(C)(C)NC(=O)[C@@H]1C[C@@H]2CCCC[C@@H]2CN1C[C@@H](O)[C@H](Cc1ccccc1)NC(=O)[C@@H](NC(=O)c1ccc2ncccc2c1)C(C)(C)S(C)(=O)=O. The zero-order valence-electron chi connectivity index (χ0n) is 31.3. The molecule has 4 N–H and O–H groups in total. The fourth-order valence-corrected chi connectivity index (χ4v) is 8.21. The highest BCUT2D eigenvalue weighted by Gasteiger charge is 2.46. The molecule has 2 fully saturated rings. The molecule has 3 aromatic rings. The third-order valence-electron chi connectivity index (χ3n) is 10.9. The molecule has 0 spiro atoms. The summed E-state index contributed by atoms with van der Waals surface area (Å²) in [6.45, 7) is 9.46. The topological polar surface area (TPSA) is 158 Å². The van der Waals surface area contributed by atoms with Crippen LogP contribution in [0.1, 0.15) is 82.6 Å². The number of carbonyl (C=O) groups is 3. The Hall–Kier alpha value is -3.87. The number of aliphatic hydroxyl groups is 1. The van der Waals surface area contributed by atoms with Crippen LogP contribution in [-0.4, -0.2) is 95.0 Å². The molecule has 1 aromatic heterocycles. The number of sulfone groups is 1. The van der Waals surface area contributed by atoms with E-state index in [0.29, 0.717) is 30.3 Å². The molecular formula is C40H55N5O6S. The molecule has 1 saturated carbocycles. The largest absolute Gasteiger partial charge is 0.390 e. The maximum Gasteiger partial charge on any atom is 0.251 e. The van der Waals surface area contributed by atoms with Crippen molar-refractivity contribution in [3.8, 4) is 0 Å². The quantitative estimate of drug-likeness (QED) is 0.217. The van der Waals surface area contributed by atoms with Gasteiger partial charge in [0.05, 0.1) is 28.5 Å². The molecular weight excluding hydrogens is 679 g/mol. The van der Waals surface area contributed by atoms with E-state index in [1.807, 2.05) is 57.2 Å². The van der Waals surface area contributed by atoms with Gasteiger partial charge >= 0.3 is 0 Å². The summed E-state index contributed by atoms with van der Waals surface area (Å²) in [5.74, 6) is -0.568. The van der Waals surface area contributed by atoms with Crippen LogP contribution >= 0.6 is 0 Å². The number of hydrogen-bond donors (Lipinski definition) is 4. The van der Waals surface area contributed by atoms with Crippen molar-refractivity contribution in [1.82, 2.24) is 25.8 Å². The Kier molecular flexibility index (Phi) is 12.1. The molecule has 11 nitrogen and oxygen atoms in total. The zero-order valence-corrected chi connectivity index (χ0v) is 32.1. The summed E-state index contributed by atoms with van der Waals surface area (Å²) in [7, 11) is -3.89. The molecule has 5 rings (SSSR count).